The summed E-state index contributed by atoms with van der Waals surface area (Å²) in [5, 5.41) is 4.10. The lowest BCUT2D eigenvalue weighted by molar-refractivity contribution is 0.377. The van der Waals surface area contributed by atoms with Crippen molar-refractivity contribution in [1.29, 1.82) is 0 Å². The molecular weight excluding hydrogens is 266 g/mol. The van der Waals surface area contributed by atoms with Crippen LogP contribution in [0.2, 0.25) is 5.02 Å². The van der Waals surface area contributed by atoms with E-state index in [9.17, 15) is 4.39 Å². The van der Waals surface area contributed by atoms with Gasteiger partial charge in [-0.2, -0.15) is 4.98 Å². The van der Waals surface area contributed by atoms with Crippen molar-refractivity contribution in [3.63, 3.8) is 0 Å². The van der Waals surface area contributed by atoms with E-state index in [1.807, 2.05) is 0 Å². The summed E-state index contributed by atoms with van der Waals surface area (Å²) in [5.74, 6) is 0.878. The van der Waals surface area contributed by atoms with Crippen LogP contribution in [-0.4, -0.2) is 16.0 Å². The van der Waals surface area contributed by atoms with Crippen LogP contribution in [0.3, 0.4) is 0 Å². The Bertz CT molecular complexity index is 496. The number of alkyl halides is 1. The molecule has 2 aromatic rings. The molecular formula is C11H9Cl2FN2O. The summed E-state index contributed by atoms with van der Waals surface area (Å²) in [6.45, 7) is 0. The van der Waals surface area contributed by atoms with Crippen molar-refractivity contribution in [3.05, 3.63) is 46.3 Å². The van der Waals surface area contributed by atoms with Crippen LogP contribution in [0.1, 0.15) is 17.3 Å². The Labute approximate surface area is 108 Å². The fourth-order valence-electron chi connectivity index (χ4n) is 1.40. The van der Waals surface area contributed by atoms with Gasteiger partial charge in [-0.3, -0.25) is 0 Å². The van der Waals surface area contributed by atoms with Gasteiger partial charge in [-0.05, 0) is 12.1 Å². The standard InChI is InChI=1S/C11H9Cl2FN2O/c12-5-4-11-15-10(16-17-11)6-7-8(13)2-1-3-9(7)14/h1-3H,4-6H2. The van der Waals surface area contributed by atoms with Gasteiger partial charge in [-0.25, -0.2) is 4.39 Å². The Morgan fingerprint density at radius 1 is 1.35 bits per heavy atom. The number of aryl methyl sites for hydroxylation is 1. The molecule has 0 N–H and O–H groups in total. The average Bonchev–Trinajstić information content (AvgIpc) is 2.72. The molecule has 0 spiro atoms. The first kappa shape index (κ1) is 12.3. The Morgan fingerprint density at radius 2 is 2.18 bits per heavy atom. The van der Waals surface area contributed by atoms with Crippen LogP contribution in [0.4, 0.5) is 4.39 Å². The highest BCUT2D eigenvalue weighted by Crippen LogP contribution is 2.21. The molecule has 0 atom stereocenters. The summed E-state index contributed by atoms with van der Waals surface area (Å²) in [5.41, 5.74) is 0.368. The molecule has 0 aliphatic carbocycles. The zero-order valence-electron chi connectivity index (χ0n) is 8.79. The highest BCUT2D eigenvalue weighted by Gasteiger charge is 2.12. The van der Waals surface area contributed by atoms with Gasteiger partial charge in [0.05, 0.1) is 0 Å². The molecule has 1 aromatic carbocycles. The number of hydrogen-bond donors (Lipinski definition) is 0. The second-order valence-electron chi connectivity index (χ2n) is 3.42. The maximum absolute atomic E-state index is 13.5. The maximum Gasteiger partial charge on any atom is 0.227 e. The second-order valence-corrected chi connectivity index (χ2v) is 4.21. The Balaban J connectivity index is 2.19. The van der Waals surface area contributed by atoms with Crippen LogP contribution in [0.5, 0.6) is 0 Å². The molecule has 0 radical (unpaired) electrons. The van der Waals surface area contributed by atoms with Gasteiger partial charge in [0.2, 0.25) is 5.89 Å². The maximum atomic E-state index is 13.5. The number of hydrogen-bond acceptors (Lipinski definition) is 3. The Morgan fingerprint density at radius 3 is 2.88 bits per heavy atom. The van der Waals surface area contributed by atoms with Crippen LogP contribution in [0.15, 0.2) is 22.7 Å². The van der Waals surface area contributed by atoms with Crippen molar-refractivity contribution in [1.82, 2.24) is 10.1 Å². The molecule has 0 fully saturated rings. The Hall–Kier alpha value is -1.13. The van der Waals surface area contributed by atoms with Crippen molar-refractivity contribution in [2.45, 2.75) is 12.8 Å². The SMILES string of the molecule is Fc1cccc(Cl)c1Cc1noc(CCCl)n1. The minimum atomic E-state index is -0.374. The highest BCUT2D eigenvalue weighted by atomic mass is 35.5. The number of rotatable bonds is 4. The van der Waals surface area contributed by atoms with Crippen LogP contribution >= 0.6 is 23.2 Å². The topological polar surface area (TPSA) is 38.9 Å². The molecule has 0 unspecified atom stereocenters. The van der Waals surface area contributed by atoms with Gasteiger partial charge in [-0.15, -0.1) is 11.6 Å². The molecule has 17 heavy (non-hydrogen) atoms. The first-order valence-electron chi connectivity index (χ1n) is 5.01. The third-order valence-electron chi connectivity index (χ3n) is 2.22. The fourth-order valence-corrected chi connectivity index (χ4v) is 1.80. The predicted molar refractivity (Wildman–Crippen MR) is 62.9 cm³/mol. The molecule has 2 rings (SSSR count). The summed E-state index contributed by atoms with van der Waals surface area (Å²) in [7, 11) is 0. The molecule has 90 valence electrons. The van der Waals surface area contributed by atoms with Gasteiger partial charge >= 0.3 is 0 Å². The first-order valence-corrected chi connectivity index (χ1v) is 5.92. The Kier molecular flexibility index (Phi) is 3.97. The molecule has 0 bridgehead atoms. The van der Waals surface area contributed by atoms with Crippen molar-refractivity contribution in [3.8, 4) is 0 Å². The normalized spacial score (nSPS) is 10.8. The lowest BCUT2D eigenvalue weighted by Gasteiger charge is -2.01. The van der Waals surface area contributed by atoms with E-state index in [0.29, 0.717) is 34.6 Å². The van der Waals surface area contributed by atoms with Gasteiger partial charge in [0.25, 0.3) is 0 Å². The monoisotopic (exact) mass is 274 g/mol. The van der Waals surface area contributed by atoms with Crippen LogP contribution < -0.4 is 0 Å². The van der Waals surface area contributed by atoms with E-state index in [1.54, 1.807) is 12.1 Å². The number of aromatic nitrogens is 2. The van der Waals surface area contributed by atoms with E-state index < -0.39 is 0 Å². The zero-order valence-corrected chi connectivity index (χ0v) is 10.3. The fraction of sp³-hybridized carbons (Fsp3) is 0.273. The van der Waals surface area contributed by atoms with Gasteiger partial charge in [0, 0.05) is 29.3 Å². The number of halogens is 3. The van der Waals surface area contributed by atoms with Gasteiger partial charge in [-0.1, -0.05) is 22.8 Å². The minimum absolute atomic E-state index is 0.206. The van der Waals surface area contributed by atoms with E-state index in [2.05, 4.69) is 10.1 Å². The number of benzene rings is 1. The van der Waals surface area contributed by atoms with Crippen molar-refractivity contribution in [2.75, 3.05) is 5.88 Å². The summed E-state index contributed by atoms with van der Waals surface area (Å²) in [6.07, 6.45) is 0.705. The van der Waals surface area contributed by atoms with E-state index in [4.69, 9.17) is 27.7 Å². The largest absolute Gasteiger partial charge is 0.339 e. The summed E-state index contributed by atoms with van der Waals surface area (Å²) >= 11 is 11.4. The second kappa shape index (κ2) is 5.47. The summed E-state index contributed by atoms with van der Waals surface area (Å²) < 4.78 is 18.4. The molecule has 1 heterocycles. The third-order valence-corrected chi connectivity index (χ3v) is 2.76. The molecule has 0 amide bonds. The van der Waals surface area contributed by atoms with E-state index in [0.717, 1.165) is 0 Å². The van der Waals surface area contributed by atoms with E-state index in [-0.39, 0.29) is 12.2 Å². The average molecular weight is 275 g/mol. The molecule has 0 aliphatic heterocycles. The van der Waals surface area contributed by atoms with Crippen molar-refractivity contribution < 1.29 is 8.91 Å². The molecule has 0 saturated carbocycles. The predicted octanol–water partition coefficient (Wildman–Crippen LogP) is 3.23. The zero-order chi connectivity index (χ0) is 12.3. The van der Waals surface area contributed by atoms with Gasteiger partial charge in [0.15, 0.2) is 5.82 Å². The molecule has 0 aliphatic rings. The summed E-state index contributed by atoms with van der Waals surface area (Å²) in [6, 6.07) is 4.52. The third kappa shape index (κ3) is 2.96. The molecule has 6 heteroatoms. The smallest absolute Gasteiger partial charge is 0.227 e. The van der Waals surface area contributed by atoms with Gasteiger partial charge in [0.1, 0.15) is 5.82 Å². The van der Waals surface area contributed by atoms with Crippen LogP contribution in [0.25, 0.3) is 0 Å². The minimum Gasteiger partial charge on any atom is -0.339 e. The van der Waals surface area contributed by atoms with Crippen molar-refractivity contribution >= 4 is 23.2 Å². The first-order chi connectivity index (χ1) is 8.20. The van der Waals surface area contributed by atoms with Crippen molar-refractivity contribution in [2.24, 2.45) is 0 Å². The number of nitrogens with zero attached hydrogens (tertiary/aromatic N) is 2. The highest BCUT2D eigenvalue weighted by molar-refractivity contribution is 6.31. The summed E-state index contributed by atoms with van der Waals surface area (Å²) in [4.78, 5) is 4.09. The molecule has 1 aromatic heterocycles. The lowest BCUT2D eigenvalue weighted by atomic mass is 10.1. The van der Waals surface area contributed by atoms with E-state index in [1.165, 1.54) is 6.07 Å². The van der Waals surface area contributed by atoms with Crippen LogP contribution in [-0.2, 0) is 12.8 Å². The van der Waals surface area contributed by atoms with Gasteiger partial charge < -0.3 is 4.52 Å². The molecule has 3 nitrogen and oxygen atoms in total. The quantitative estimate of drug-likeness (QED) is 0.804. The van der Waals surface area contributed by atoms with E-state index >= 15 is 0 Å². The van der Waals surface area contributed by atoms with Crippen LogP contribution in [0, 0.1) is 5.82 Å². The lowest BCUT2D eigenvalue weighted by Crippen LogP contribution is -1.96. The molecule has 0 saturated heterocycles.